The lowest BCUT2D eigenvalue weighted by molar-refractivity contribution is -0.192. The molecule has 4 aromatic rings. The maximum absolute atomic E-state index is 13.3. The quantitative estimate of drug-likeness (QED) is 0.219. The van der Waals surface area contributed by atoms with Crippen LogP contribution in [0.5, 0.6) is 5.75 Å². The van der Waals surface area contributed by atoms with Crippen LogP contribution in [0.3, 0.4) is 0 Å². The number of ether oxygens (including phenoxy) is 1. The molecule has 0 atom stereocenters. The second-order valence-electron chi connectivity index (χ2n) is 13.4. The van der Waals surface area contributed by atoms with E-state index in [1.807, 2.05) is 62.4 Å². The number of hydrogen-bond acceptors (Lipinski definition) is 8. The Balaban J connectivity index is 0.000000698. The number of halogens is 3. The van der Waals surface area contributed by atoms with Gasteiger partial charge in [0.1, 0.15) is 24.2 Å². The average Bonchev–Trinajstić information content (AvgIpc) is 3.47. The number of alkyl halides is 3. The summed E-state index contributed by atoms with van der Waals surface area (Å²) in [5.41, 5.74) is 1.80. The van der Waals surface area contributed by atoms with Crippen molar-refractivity contribution in [3.63, 3.8) is 0 Å². The van der Waals surface area contributed by atoms with Crippen LogP contribution >= 0.6 is 0 Å². The highest BCUT2D eigenvalue weighted by Crippen LogP contribution is 2.33. The number of carbonyl (C=O) groups is 2. The minimum Gasteiger partial charge on any atom is -0.489 e. The van der Waals surface area contributed by atoms with Gasteiger partial charge in [0.25, 0.3) is 0 Å². The number of nitrogens with one attached hydrogen (secondary N) is 1. The summed E-state index contributed by atoms with van der Waals surface area (Å²) in [6.07, 6.45) is 1.56. The number of carbonyl (C=O) groups excluding carboxylic acids is 1. The van der Waals surface area contributed by atoms with Crippen molar-refractivity contribution < 1.29 is 37.7 Å². The molecular formula is C35H39F3N6O5. The van der Waals surface area contributed by atoms with Crippen LogP contribution in [0.25, 0.3) is 16.6 Å². The molecule has 5 rings (SSSR count). The number of nitrogens with zero attached hydrogens (tertiary/aromatic N) is 5. The maximum Gasteiger partial charge on any atom is 0.490 e. The number of piperidine rings is 1. The van der Waals surface area contributed by atoms with Crippen molar-refractivity contribution in [2.45, 2.75) is 70.2 Å². The van der Waals surface area contributed by atoms with E-state index in [1.54, 1.807) is 30.8 Å². The molecule has 3 N–H and O–H groups in total. The number of fused-ring (bicyclic) bond motifs is 1. The number of aliphatic carboxylic acids is 1. The van der Waals surface area contributed by atoms with Crippen LogP contribution in [0.4, 0.5) is 19.0 Å². The molecule has 11 nitrogen and oxygen atoms in total. The Morgan fingerprint density at radius 3 is 2.22 bits per heavy atom. The van der Waals surface area contributed by atoms with Gasteiger partial charge in [-0.25, -0.2) is 14.3 Å². The second kappa shape index (κ2) is 14.1. The lowest BCUT2D eigenvalue weighted by Crippen LogP contribution is -2.57. The predicted octanol–water partition coefficient (Wildman–Crippen LogP) is 5.50. The number of nitriles is 1. The Bertz CT molecular complexity index is 1820. The number of hydrogen-bond donors (Lipinski definition) is 3. The van der Waals surface area contributed by atoms with E-state index in [0.29, 0.717) is 16.8 Å². The van der Waals surface area contributed by atoms with Crippen LogP contribution in [0.15, 0.2) is 67.1 Å². The molecule has 1 fully saturated rings. The van der Waals surface area contributed by atoms with Gasteiger partial charge in [-0.2, -0.15) is 23.5 Å². The topological polar surface area (TPSA) is 153 Å². The number of carboxylic acid groups (broad SMARTS) is 1. The molecule has 0 spiro atoms. The van der Waals surface area contributed by atoms with E-state index in [9.17, 15) is 28.3 Å². The van der Waals surface area contributed by atoms with Crippen molar-refractivity contribution >= 4 is 23.2 Å². The number of amides is 1. The molecule has 1 aliphatic heterocycles. The highest BCUT2D eigenvalue weighted by atomic mass is 19.4. The summed E-state index contributed by atoms with van der Waals surface area (Å²) in [5.74, 6) is -1.34. The largest absolute Gasteiger partial charge is 0.490 e. The molecule has 0 bridgehead atoms. The fourth-order valence-electron chi connectivity index (χ4n) is 5.24. The molecule has 14 heteroatoms. The van der Waals surface area contributed by atoms with Crippen LogP contribution in [-0.2, 0) is 15.0 Å². The first-order chi connectivity index (χ1) is 22.8. The standard InChI is InChI=1S/C33H38N6O3.C2HF3O2/c1-31(2,41)22-42-26-17-27(29-24(18-34)20-36-39(29)21-26)23-11-12-28(35-19-23)38-15-13-33(5,14-16-38)37-30(40)32(3,4)25-9-7-6-8-10-25;3-2(4,5)1(6)7/h6-12,17,19-21,41H,13-16,22H2,1-5H3,(H,37,40);(H,6,7). The zero-order chi connectivity index (χ0) is 36.2. The molecule has 260 valence electrons. The van der Waals surface area contributed by atoms with Crippen molar-refractivity contribution in [1.82, 2.24) is 19.9 Å². The Labute approximate surface area is 281 Å². The summed E-state index contributed by atoms with van der Waals surface area (Å²) < 4.78 is 39.2. The summed E-state index contributed by atoms with van der Waals surface area (Å²) in [7, 11) is 0. The van der Waals surface area contributed by atoms with Crippen LogP contribution in [0.2, 0.25) is 0 Å². The predicted molar refractivity (Wildman–Crippen MR) is 176 cm³/mol. The first-order valence-corrected chi connectivity index (χ1v) is 15.5. The smallest absolute Gasteiger partial charge is 0.489 e. The molecule has 0 aliphatic carbocycles. The van der Waals surface area contributed by atoms with Gasteiger partial charge in [0.2, 0.25) is 5.91 Å². The van der Waals surface area contributed by atoms with Crippen molar-refractivity contribution in [2.75, 3.05) is 24.6 Å². The first-order valence-electron chi connectivity index (χ1n) is 15.5. The van der Waals surface area contributed by atoms with Crippen LogP contribution < -0.4 is 15.0 Å². The summed E-state index contributed by atoms with van der Waals surface area (Å²) in [4.78, 5) is 29.2. The SMILES string of the molecule is CC(C)(O)COc1cc(-c2ccc(N3CCC(C)(NC(=O)C(C)(C)c4ccccc4)CC3)nc2)c2c(C#N)cnn2c1.O=C(O)C(F)(F)F. The molecule has 3 aromatic heterocycles. The van der Waals surface area contributed by atoms with Crippen molar-refractivity contribution in [3.8, 4) is 22.9 Å². The molecule has 1 aromatic carbocycles. The van der Waals surface area contributed by atoms with Gasteiger partial charge >= 0.3 is 12.1 Å². The van der Waals surface area contributed by atoms with E-state index in [0.717, 1.165) is 48.4 Å². The lowest BCUT2D eigenvalue weighted by atomic mass is 9.81. The van der Waals surface area contributed by atoms with Crippen LogP contribution in [0, 0.1) is 11.3 Å². The summed E-state index contributed by atoms with van der Waals surface area (Å²) >= 11 is 0. The Kier molecular flexibility index (Phi) is 10.6. The van der Waals surface area contributed by atoms with Gasteiger partial charge in [0, 0.05) is 36.0 Å². The molecule has 0 unspecified atom stereocenters. The van der Waals surface area contributed by atoms with Crippen molar-refractivity contribution in [1.29, 1.82) is 5.26 Å². The van der Waals surface area contributed by atoms with Gasteiger partial charge in [0.05, 0.1) is 34.5 Å². The first kappa shape index (κ1) is 36.7. The van der Waals surface area contributed by atoms with Crippen LogP contribution in [0.1, 0.15) is 58.6 Å². The van der Waals surface area contributed by atoms with E-state index in [4.69, 9.17) is 19.6 Å². The zero-order valence-corrected chi connectivity index (χ0v) is 27.9. The fraction of sp³-hybridized carbons (Fsp3) is 0.400. The summed E-state index contributed by atoms with van der Waals surface area (Å²) in [5, 5.41) is 34.6. The lowest BCUT2D eigenvalue weighted by Gasteiger charge is -2.42. The average molecular weight is 681 g/mol. The van der Waals surface area contributed by atoms with Gasteiger partial charge in [0.15, 0.2) is 0 Å². The highest BCUT2D eigenvalue weighted by Gasteiger charge is 2.39. The van der Waals surface area contributed by atoms with E-state index >= 15 is 0 Å². The number of pyridine rings is 2. The van der Waals surface area contributed by atoms with Gasteiger partial charge in [-0.1, -0.05) is 30.3 Å². The normalized spacial score (nSPS) is 14.7. The summed E-state index contributed by atoms with van der Waals surface area (Å²) in [6.45, 7) is 11.1. The molecule has 1 aliphatic rings. The maximum atomic E-state index is 13.3. The van der Waals surface area contributed by atoms with Crippen molar-refractivity contribution in [3.05, 3.63) is 78.2 Å². The monoisotopic (exact) mass is 680 g/mol. The third-order valence-corrected chi connectivity index (χ3v) is 8.27. The number of rotatable bonds is 8. The molecule has 1 saturated heterocycles. The fourth-order valence-corrected chi connectivity index (χ4v) is 5.24. The third-order valence-electron chi connectivity index (χ3n) is 8.27. The number of aliphatic hydroxyl groups is 1. The van der Waals surface area contributed by atoms with E-state index in [2.05, 4.69) is 28.3 Å². The van der Waals surface area contributed by atoms with Gasteiger partial charge in [-0.15, -0.1) is 0 Å². The number of anilines is 1. The highest BCUT2D eigenvalue weighted by molar-refractivity contribution is 5.88. The molecular weight excluding hydrogens is 641 g/mol. The van der Waals surface area contributed by atoms with Crippen molar-refractivity contribution in [2.24, 2.45) is 0 Å². The zero-order valence-electron chi connectivity index (χ0n) is 27.9. The molecule has 4 heterocycles. The number of carboxylic acids is 1. The van der Waals surface area contributed by atoms with E-state index in [-0.39, 0.29) is 18.1 Å². The van der Waals surface area contributed by atoms with Gasteiger partial charge in [-0.05, 0) is 71.2 Å². The second-order valence-corrected chi connectivity index (χ2v) is 13.4. The Morgan fingerprint density at radius 2 is 1.69 bits per heavy atom. The Morgan fingerprint density at radius 1 is 1.06 bits per heavy atom. The number of aromatic nitrogens is 3. The van der Waals surface area contributed by atoms with Gasteiger partial charge < -0.3 is 25.2 Å². The number of benzene rings is 1. The molecule has 0 radical (unpaired) electrons. The molecule has 1 amide bonds. The minimum absolute atomic E-state index is 0.0313. The third kappa shape index (κ3) is 9.05. The summed E-state index contributed by atoms with van der Waals surface area (Å²) in [6, 6.07) is 17.9. The molecule has 0 saturated carbocycles. The van der Waals surface area contributed by atoms with E-state index < -0.39 is 23.2 Å². The van der Waals surface area contributed by atoms with Crippen LogP contribution in [-0.4, -0.2) is 73.7 Å². The Hall–Kier alpha value is -5.16. The molecule has 49 heavy (non-hydrogen) atoms. The van der Waals surface area contributed by atoms with E-state index in [1.165, 1.54) is 6.20 Å². The van der Waals surface area contributed by atoms with Gasteiger partial charge in [-0.3, -0.25) is 4.79 Å². The minimum atomic E-state index is -5.08.